The van der Waals surface area contributed by atoms with Gasteiger partial charge in [0.2, 0.25) is 5.91 Å². The maximum Gasteiger partial charge on any atom is 0.330 e. The number of nitro benzene ring substituents is 1. The van der Waals surface area contributed by atoms with Crippen LogP contribution in [-0.4, -0.2) is 68.4 Å². The number of hydrogen-bond acceptors (Lipinski definition) is 10. The van der Waals surface area contributed by atoms with Gasteiger partial charge < -0.3 is 14.4 Å². The summed E-state index contributed by atoms with van der Waals surface area (Å²) in [4.78, 5) is 36.6. The molecule has 176 valence electrons. The number of fused-ring (bicyclic) bond motifs is 1. The normalized spacial score (nSPS) is 25.4. The van der Waals surface area contributed by atoms with Gasteiger partial charge in [0.25, 0.3) is 5.69 Å². The molecule has 0 unspecified atom stereocenters. The average Bonchev–Trinajstić information content (AvgIpc) is 3.25. The fourth-order valence-corrected chi connectivity index (χ4v) is 6.52. The van der Waals surface area contributed by atoms with Crippen LogP contribution >= 0.6 is 0 Å². The Morgan fingerprint density at radius 2 is 2.00 bits per heavy atom. The molecule has 2 aliphatic rings. The number of hydrogen-bond donors (Lipinski definition) is 0. The number of β-lactam (4-membered cyclic amide) rings is 1. The Hall–Kier alpha value is -3.39. The average molecular weight is 479 g/mol. The molecule has 13 nitrogen and oxygen atoms in total. The van der Waals surface area contributed by atoms with Crippen LogP contribution < -0.4 is 0 Å². The van der Waals surface area contributed by atoms with E-state index < -0.39 is 42.8 Å². The fraction of sp³-hybridized carbons (Fsp3) is 0.474. The third-order valence-corrected chi connectivity index (χ3v) is 8.68. The molecule has 14 heteroatoms. The first-order chi connectivity index (χ1) is 15.6. The lowest BCUT2D eigenvalue weighted by atomic mass is 9.96. The van der Waals surface area contributed by atoms with E-state index in [9.17, 15) is 28.1 Å². The summed E-state index contributed by atoms with van der Waals surface area (Å²) >= 11 is 0. The summed E-state index contributed by atoms with van der Waals surface area (Å²) in [7, 11) is -2.46. The molecule has 1 aromatic carbocycles. The van der Waals surface area contributed by atoms with Crippen LogP contribution in [0.4, 0.5) is 5.69 Å². The molecule has 2 aromatic rings. The Morgan fingerprint density at radius 3 is 2.61 bits per heavy atom. The molecular weight excluding hydrogens is 458 g/mol. The Kier molecular flexibility index (Phi) is 5.66. The van der Waals surface area contributed by atoms with Crippen molar-refractivity contribution in [2.75, 3.05) is 7.11 Å². The molecule has 3 heterocycles. The summed E-state index contributed by atoms with van der Waals surface area (Å²) in [6.07, 6.45) is 1.32. The molecule has 2 fully saturated rings. The zero-order valence-corrected chi connectivity index (χ0v) is 18.6. The smallest absolute Gasteiger partial charge is 0.330 e. The van der Waals surface area contributed by atoms with Crippen molar-refractivity contribution in [2.24, 2.45) is 0 Å². The van der Waals surface area contributed by atoms with Crippen molar-refractivity contribution < 1.29 is 32.4 Å². The van der Waals surface area contributed by atoms with Crippen LogP contribution in [0.1, 0.15) is 24.6 Å². The summed E-state index contributed by atoms with van der Waals surface area (Å²) in [6, 6.07) is 4.03. The zero-order chi connectivity index (χ0) is 24.0. The monoisotopic (exact) mass is 479 g/mol. The molecule has 1 aromatic heterocycles. The number of esters is 1. The topological polar surface area (TPSA) is 164 Å². The molecule has 0 radical (unpaired) electrons. The first-order valence-electron chi connectivity index (χ1n) is 9.91. The van der Waals surface area contributed by atoms with E-state index in [2.05, 4.69) is 10.3 Å². The Labute approximate surface area is 188 Å². The molecule has 2 aliphatic heterocycles. The number of benzene rings is 1. The van der Waals surface area contributed by atoms with Gasteiger partial charge in [-0.2, -0.15) is 0 Å². The van der Waals surface area contributed by atoms with Crippen molar-refractivity contribution in [1.82, 2.24) is 19.9 Å². The zero-order valence-electron chi connectivity index (χ0n) is 17.8. The quantitative estimate of drug-likeness (QED) is 0.221. The van der Waals surface area contributed by atoms with Crippen molar-refractivity contribution in [3.05, 3.63) is 51.8 Å². The number of carbonyl (C=O) groups excluding carboxylic acids is 2. The number of carbonyl (C=O) groups is 2. The number of sulfone groups is 1. The highest BCUT2D eigenvalue weighted by Gasteiger charge is 2.70. The van der Waals surface area contributed by atoms with Crippen LogP contribution in [-0.2, 0) is 48.7 Å². The van der Waals surface area contributed by atoms with Crippen molar-refractivity contribution in [3.8, 4) is 0 Å². The predicted molar refractivity (Wildman–Crippen MR) is 110 cm³/mol. The van der Waals surface area contributed by atoms with Gasteiger partial charge in [0.1, 0.15) is 22.4 Å². The van der Waals surface area contributed by atoms with E-state index >= 15 is 0 Å². The van der Waals surface area contributed by atoms with Crippen molar-refractivity contribution in [2.45, 2.75) is 49.3 Å². The summed E-state index contributed by atoms with van der Waals surface area (Å²) in [6.45, 7) is 1.11. The van der Waals surface area contributed by atoms with E-state index in [0.29, 0.717) is 11.3 Å². The van der Waals surface area contributed by atoms with Gasteiger partial charge in [-0.1, -0.05) is 5.21 Å². The molecule has 1 amide bonds. The summed E-state index contributed by atoms with van der Waals surface area (Å²) in [5.41, 5.74) is 0.839. The number of methoxy groups -OCH3 is 1. The molecule has 0 bridgehead atoms. The first-order valence-corrected chi connectivity index (χ1v) is 11.5. The third-order valence-electron chi connectivity index (χ3n) is 5.92. The molecule has 0 spiro atoms. The molecule has 0 saturated carbocycles. The van der Waals surface area contributed by atoms with Gasteiger partial charge in [0, 0.05) is 19.2 Å². The predicted octanol–water partition coefficient (Wildman–Crippen LogP) is 0.190. The maximum atomic E-state index is 13.3. The second-order valence-electron chi connectivity index (χ2n) is 8.09. The van der Waals surface area contributed by atoms with Gasteiger partial charge in [-0.15, -0.1) is 5.10 Å². The van der Waals surface area contributed by atoms with Crippen LogP contribution in [0.5, 0.6) is 0 Å². The number of nitrogens with zero attached hydrogens (tertiary/aromatic N) is 5. The van der Waals surface area contributed by atoms with E-state index in [4.69, 9.17) is 9.47 Å². The minimum Gasteiger partial charge on any atom is -0.459 e. The van der Waals surface area contributed by atoms with E-state index in [1.54, 1.807) is 0 Å². The van der Waals surface area contributed by atoms with Crippen molar-refractivity contribution in [1.29, 1.82) is 0 Å². The Balaban J connectivity index is 1.58. The highest BCUT2D eigenvalue weighted by atomic mass is 32.2. The largest absolute Gasteiger partial charge is 0.459 e. The number of amides is 1. The van der Waals surface area contributed by atoms with Crippen LogP contribution in [0.25, 0.3) is 0 Å². The first kappa shape index (κ1) is 22.8. The van der Waals surface area contributed by atoms with Gasteiger partial charge in [0.15, 0.2) is 15.9 Å². The van der Waals surface area contributed by atoms with Crippen LogP contribution in [0.2, 0.25) is 0 Å². The number of rotatable bonds is 8. The van der Waals surface area contributed by atoms with E-state index in [0.717, 1.165) is 4.90 Å². The Morgan fingerprint density at radius 1 is 1.30 bits per heavy atom. The lowest BCUT2D eigenvalue weighted by molar-refractivity contribution is -0.384. The second kappa shape index (κ2) is 8.19. The van der Waals surface area contributed by atoms with Crippen LogP contribution in [0.15, 0.2) is 30.5 Å². The lowest BCUT2D eigenvalue weighted by Crippen LogP contribution is -2.58. The highest BCUT2D eigenvalue weighted by Crippen LogP contribution is 2.47. The molecule has 0 aliphatic carbocycles. The standard InChI is InChI=1S/C19H21N5O8S/c1-19(11-22-8-13(10-31-2)20-21-22)17(23-15(25)7-16(23)33(19,29)30)18(26)32-9-12-3-5-14(6-4-12)24(27)28/h3-6,8,16-17H,7,9-11H2,1-2H3/t16-,17+,19+/m1/s1. The molecule has 33 heavy (non-hydrogen) atoms. The molecular formula is C19H21N5O8S. The SMILES string of the molecule is COCc1cn(C[C@@]2(C)[C@H](C(=O)OCc3ccc([N+](=O)[O-])cc3)N3C(=O)C[C@H]3S2(=O)=O)nn1. The molecule has 4 rings (SSSR count). The van der Waals surface area contributed by atoms with Crippen LogP contribution in [0.3, 0.4) is 0 Å². The number of non-ortho nitro benzene ring substituents is 1. The molecule has 0 N–H and O–H groups in total. The number of nitro groups is 1. The van der Waals surface area contributed by atoms with Gasteiger partial charge in [-0.25, -0.2) is 13.2 Å². The summed E-state index contributed by atoms with van der Waals surface area (Å²) in [5.74, 6) is -1.34. The van der Waals surface area contributed by atoms with Gasteiger partial charge in [-0.05, 0) is 24.6 Å². The second-order valence-corrected chi connectivity index (χ2v) is 10.7. The van der Waals surface area contributed by atoms with E-state index in [1.165, 1.54) is 49.2 Å². The van der Waals surface area contributed by atoms with E-state index in [-0.39, 0.29) is 31.9 Å². The van der Waals surface area contributed by atoms with Gasteiger partial charge in [0.05, 0.1) is 30.7 Å². The molecule has 2 saturated heterocycles. The minimum atomic E-state index is -3.94. The Bertz CT molecular complexity index is 1210. The molecule has 3 atom stereocenters. The number of aromatic nitrogens is 3. The minimum absolute atomic E-state index is 0.116. The van der Waals surface area contributed by atoms with Gasteiger partial charge >= 0.3 is 5.97 Å². The van der Waals surface area contributed by atoms with Gasteiger partial charge in [-0.3, -0.25) is 19.6 Å². The summed E-state index contributed by atoms with van der Waals surface area (Å²) < 4.78 is 36.5. The van der Waals surface area contributed by atoms with E-state index in [1.807, 2.05) is 0 Å². The fourth-order valence-electron chi connectivity index (χ4n) is 4.17. The third kappa shape index (κ3) is 3.74. The van der Waals surface area contributed by atoms with Crippen molar-refractivity contribution in [3.63, 3.8) is 0 Å². The lowest BCUT2D eigenvalue weighted by Gasteiger charge is -2.36. The van der Waals surface area contributed by atoms with Crippen molar-refractivity contribution >= 4 is 27.4 Å². The highest BCUT2D eigenvalue weighted by molar-refractivity contribution is 7.93. The van der Waals surface area contributed by atoms with Crippen LogP contribution in [0, 0.1) is 10.1 Å². The number of ether oxygens (including phenoxy) is 2. The summed E-state index contributed by atoms with van der Waals surface area (Å²) in [5, 5.41) is 17.5. The maximum absolute atomic E-state index is 13.3.